The molecule has 0 radical (unpaired) electrons. The average molecular weight is 190 g/mol. The molecule has 0 fully saturated rings. The molecule has 4 heteroatoms. The van der Waals surface area contributed by atoms with Crippen molar-refractivity contribution in [3.8, 4) is 5.75 Å². The summed E-state index contributed by atoms with van der Waals surface area (Å²) in [6.07, 6.45) is 2.35. The summed E-state index contributed by atoms with van der Waals surface area (Å²) in [6, 6.07) is 1.81. The van der Waals surface area contributed by atoms with Crippen LogP contribution in [0.1, 0.15) is 15.9 Å². The first kappa shape index (κ1) is 8.74. The number of H-pyrrole nitrogens is 1. The number of methoxy groups -OCH3 is 1. The molecule has 0 bridgehead atoms. The van der Waals surface area contributed by atoms with Crippen molar-refractivity contribution in [3.05, 3.63) is 23.5 Å². The van der Waals surface area contributed by atoms with E-state index in [0.717, 1.165) is 22.9 Å². The van der Waals surface area contributed by atoms with Gasteiger partial charge in [0, 0.05) is 0 Å². The number of aldehydes is 1. The molecule has 2 rings (SSSR count). The molecule has 1 aromatic carbocycles. The van der Waals surface area contributed by atoms with Gasteiger partial charge in [0.2, 0.25) is 0 Å². The van der Waals surface area contributed by atoms with E-state index in [2.05, 4.69) is 9.97 Å². The van der Waals surface area contributed by atoms with E-state index in [1.807, 2.05) is 13.0 Å². The number of nitrogens with one attached hydrogen (secondary N) is 1. The number of fused-ring (bicyclic) bond motifs is 1. The Kier molecular flexibility index (Phi) is 1.96. The zero-order chi connectivity index (χ0) is 10.1. The maximum atomic E-state index is 10.9. The van der Waals surface area contributed by atoms with E-state index in [0.29, 0.717) is 11.3 Å². The summed E-state index contributed by atoms with van der Waals surface area (Å²) in [7, 11) is 1.55. The monoisotopic (exact) mass is 190 g/mol. The van der Waals surface area contributed by atoms with Gasteiger partial charge in [0.15, 0.2) is 6.29 Å². The average Bonchev–Trinajstić information content (AvgIpc) is 2.66. The predicted molar refractivity (Wildman–Crippen MR) is 52.8 cm³/mol. The first-order valence-electron chi connectivity index (χ1n) is 4.23. The molecule has 0 saturated carbocycles. The fourth-order valence-electron chi connectivity index (χ4n) is 1.55. The molecule has 2 aromatic rings. The predicted octanol–water partition coefficient (Wildman–Crippen LogP) is 1.69. The highest BCUT2D eigenvalue weighted by atomic mass is 16.5. The number of aromatic nitrogens is 2. The largest absolute Gasteiger partial charge is 0.496 e. The minimum atomic E-state index is 0.519. The molecule has 4 nitrogen and oxygen atoms in total. The van der Waals surface area contributed by atoms with Gasteiger partial charge < -0.3 is 9.72 Å². The van der Waals surface area contributed by atoms with Crippen LogP contribution in [-0.4, -0.2) is 23.4 Å². The zero-order valence-corrected chi connectivity index (χ0v) is 8.00. The van der Waals surface area contributed by atoms with Gasteiger partial charge in [0.1, 0.15) is 5.75 Å². The summed E-state index contributed by atoms with van der Waals surface area (Å²) in [5, 5.41) is 0. The van der Waals surface area contributed by atoms with Crippen LogP contribution < -0.4 is 4.74 Å². The number of rotatable bonds is 2. The number of nitrogens with zero attached hydrogens (tertiary/aromatic N) is 1. The molecule has 0 aliphatic carbocycles. The third-order valence-electron chi connectivity index (χ3n) is 2.23. The molecule has 1 N–H and O–H groups in total. The Morgan fingerprint density at radius 2 is 2.36 bits per heavy atom. The first-order valence-corrected chi connectivity index (χ1v) is 4.23. The van der Waals surface area contributed by atoms with Gasteiger partial charge >= 0.3 is 0 Å². The number of hydrogen-bond acceptors (Lipinski definition) is 3. The Labute approximate surface area is 80.9 Å². The van der Waals surface area contributed by atoms with Gasteiger partial charge in [0.25, 0.3) is 0 Å². The van der Waals surface area contributed by atoms with E-state index in [9.17, 15) is 4.79 Å². The molecule has 14 heavy (non-hydrogen) atoms. The number of imidazole rings is 1. The van der Waals surface area contributed by atoms with Gasteiger partial charge in [-0.3, -0.25) is 4.79 Å². The lowest BCUT2D eigenvalue weighted by Gasteiger charge is -2.05. The van der Waals surface area contributed by atoms with Crippen molar-refractivity contribution in [1.82, 2.24) is 9.97 Å². The summed E-state index contributed by atoms with van der Waals surface area (Å²) in [6.45, 7) is 1.93. The third kappa shape index (κ3) is 1.08. The Morgan fingerprint density at radius 1 is 1.57 bits per heavy atom. The topological polar surface area (TPSA) is 55.0 Å². The summed E-state index contributed by atoms with van der Waals surface area (Å²) in [5.41, 5.74) is 3.05. The molecule has 0 spiro atoms. The van der Waals surface area contributed by atoms with Crippen LogP contribution >= 0.6 is 0 Å². The molecule has 0 unspecified atom stereocenters. The lowest BCUT2D eigenvalue weighted by Crippen LogP contribution is -1.93. The highest BCUT2D eigenvalue weighted by molar-refractivity contribution is 5.98. The summed E-state index contributed by atoms with van der Waals surface area (Å²) in [4.78, 5) is 17.9. The van der Waals surface area contributed by atoms with Gasteiger partial charge in [-0.2, -0.15) is 0 Å². The number of ether oxygens (including phenoxy) is 1. The van der Waals surface area contributed by atoms with Crippen molar-refractivity contribution < 1.29 is 9.53 Å². The van der Waals surface area contributed by atoms with Crippen molar-refractivity contribution in [2.24, 2.45) is 0 Å². The maximum Gasteiger partial charge on any atom is 0.155 e. The van der Waals surface area contributed by atoms with Crippen LogP contribution in [-0.2, 0) is 0 Å². The SMILES string of the molecule is COc1cc(C)c2nc[nH]c2c1C=O. The molecule has 72 valence electrons. The maximum absolute atomic E-state index is 10.9. The van der Waals surface area contributed by atoms with Gasteiger partial charge in [0.05, 0.1) is 30.0 Å². The van der Waals surface area contributed by atoms with Gasteiger partial charge in [-0.15, -0.1) is 0 Å². The summed E-state index contributed by atoms with van der Waals surface area (Å²) >= 11 is 0. The zero-order valence-electron chi connectivity index (χ0n) is 8.00. The van der Waals surface area contributed by atoms with E-state index in [-0.39, 0.29) is 0 Å². The minimum Gasteiger partial charge on any atom is -0.496 e. The van der Waals surface area contributed by atoms with Gasteiger partial charge in [-0.25, -0.2) is 4.98 Å². The first-order chi connectivity index (χ1) is 6.77. The molecule has 0 aliphatic heterocycles. The van der Waals surface area contributed by atoms with Crippen LogP contribution in [0.4, 0.5) is 0 Å². The van der Waals surface area contributed by atoms with Crippen molar-refractivity contribution in [1.29, 1.82) is 0 Å². The van der Waals surface area contributed by atoms with Crippen LogP contribution in [0.2, 0.25) is 0 Å². The molecule has 1 heterocycles. The second-order valence-corrected chi connectivity index (χ2v) is 3.05. The van der Waals surface area contributed by atoms with E-state index in [1.54, 1.807) is 13.4 Å². The number of carbonyl (C=O) groups is 1. The number of aryl methyl sites for hydroxylation is 1. The van der Waals surface area contributed by atoms with Crippen LogP contribution in [0.5, 0.6) is 5.75 Å². The van der Waals surface area contributed by atoms with Crippen molar-refractivity contribution >= 4 is 17.3 Å². The van der Waals surface area contributed by atoms with Crippen LogP contribution in [0.15, 0.2) is 12.4 Å². The number of hydrogen-bond donors (Lipinski definition) is 1. The minimum absolute atomic E-state index is 0.519. The van der Waals surface area contributed by atoms with Crippen LogP contribution in [0.3, 0.4) is 0 Å². The quantitative estimate of drug-likeness (QED) is 0.733. The van der Waals surface area contributed by atoms with E-state index >= 15 is 0 Å². The molecular formula is C10H10N2O2. The second kappa shape index (κ2) is 3.14. The molecule has 0 aliphatic rings. The Balaban J connectivity index is 2.88. The lowest BCUT2D eigenvalue weighted by molar-refractivity contribution is 0.112. The van der Waals surface area contributed by atoms with Crippen molar-refractivity contribution in [2.75, 3.05) is 7.11 Å². The Morgan fingerprint density at radius 3 is 3.00 bits per heavy atom. The third-order valence-corrected chi connectivity index (χ3v) is 2.23. The van der Waals surface area contributed by atoms with E-state index in [1.165, 1.54) is 0 Å². The standard InChI is InChI=1S/C10H10N2O2/c1-6-3-8(14-2)7(4-13)10-9(6)11-5-12-10/h3-5H,1-2H3,(H,11,12). The van der Waals surface area contributed by atoms with E-state index < -0.39 is 0 Å². The fraction of sp³-hybridized carbons (Fsp3) is 0.200. The van der Waals surface area contributed by atoms with Gasteiger partial charge in [-0.05, 0) is 18.6 Å². The molecule has 0 amide bonds. The highest BCUT2D eigenvalue weighted by Gasteiger charge is 2.11. The molecule has 1 aromatic heterocycles. The Bertz CT molecular complexity index is 488. The van der Waals surface area contributed by atoms with Crippen molar-refractivity contribution in [2.45, 2.75) is 6.92 Å². The lowest BCUT2D eigenvalue weighted by atomic mass is 10.1. The summed E-state index contributed by atoms with van der Waals surface area (Å²) in [5.74, 6) is 0.578. The van der Waals surface area contributed by atoms with E-state index in [4.69, 9.17) is 4.74 Å². The number of carbonyl (C=O) groups excluding carboxylic acids is 1. The van der Waals surface area contributed by atoms with Crippen molar-refractivity contribution in [3.63, 3.8) is 0 Å². The second-order valence-electron chi connectivity index (χ2n) is 3.05. The normalized spacial score (nSPS) is 10.4. The fourth-order valence-corrected chi connectivity index (χ4v) is 1.55. The Hall–Kier alpha value is -1.84. The molecule has 0 saturated heterocycles. The number of aromatic amines is 1. The summed E-state index contributed by atoms with van der Waals surface area (Å²) < 4.78 is 5.12. The highest BCUT2D eigenvalue weighted by Crippen LogP contribution is 2.27. The number of benzene rings is 1. The molecular weight excluding hydrogens is 180 g/mol. The smallest absolute Gasteiger partial charge is 0.155 e. The van der Waals surface area contributed by atoms with Crippen LogP contribution in [0, 0.1) is 6.92 Å². The van der Waals surface area contributed by atoms with Crippen LogP contribution in [0.25, 0.3) is 11.0 Å². The molecule has 0 atom stereocenters. The van der Waals surface area contributed by atoms with Gasteiger partial charge in [-0.1, -0.05) is 0 Å².